The Bertz CT molecular complexity index is 1040. The molecule has 0 saturated carbocycles. The van der Waals surface area contributed by atoms with Crippen LogP contribution < -0.4 is 9.57 Å². The molecule has 2 aromatic carbocycles. The van der Waals surface area contributed by atoms with Crippen molar-refractivity contribution in [2.24, 2.45) is 5.16 Å². The van der Waals surface area contributed by atoms with Gasteiger partial charge in [-0.2, -0.15) is 4.98 Å². The van der Waals surface area contributed by atoms with Crippen LogP contribution >= 0.6 is 0 Å². The summed E-state index contributed by atoms with van der Waals surface area (Å²) in [7, 11) is 0. The number of amides is 1. The summed E-state index contributed by atoms with van der Waals surface area (Å²) in [5.74, 6) is 0.724. The van der Waals surface area contributed by atoms with Crippen molar-refractivity contribution in [3.63, 3.8) is 0 Å². The Hall–Kier alpha value is -3.94. The zero-order valence-corrected chi connectivity index (χ0v) is 17.7. The number of rotatable bonds is 6. The molecular weight excluding hydrogens is 408 g/mol. The van der Waals surface area contributed by atoms with Crippen molar-refractivity contribution in [2.75, 3.05) is 13.1 Å². The maximum absolute atomic E-state index is 11.1. The van der Waals surface area contributed by atoms with Gasteiger partial charge in [-0.05, 0) is 6.92 Å². The highest BCUT2D eigenvalue weighted by Gasteiger charge is 2.25. The third-order valence-electron chi connectivity index (χ3n) is 5.30. The molecule has 0 radical (unpaired) electrons. The number of likely N-dealkylation sites (tertiary alicyclic amines) is 1. The summed E-state index contributed by atoms with van der Waals surface area (Å²) < 4.78 is 6.03. The van der Waals surface area contributed by atoms with Crippen LogP contribution in [-0.2, 0) is 0 Å². The van der Waals surface area contributed by atoms with Crippen molar-refractivity contribution >= 4 is 11.8 Å². The lowest BCUT2D eigenvalue weighted by molar-refractivity contribution is 0.0863. The Morgan fingerprint density at radius 3 is 2.09 bits per heavy atom. The molecule has 0 atom stereocenters. The average Bonchev–Trinajstić information content (AvgIpc) is 2.83. The highest BCUT2D eigenvalue weighted by Crippen LogP contribution is 2.26. The number of piperidine rings is 1. The van der Waals surface area contributed by atoms with Crippen LogP contribution in [0.5, 0.6) is 11.8 Å². The molecular formula is C24H24N4O4. The molecule has 2 heterocycles. The van der Waals surface area contributed by atoms with Gasteiger partial charge in [-0.25, -0.2) is 9.78 Å². The molecule has 0 bridgehead atoms. The van der Waals surface area contributed by atoms with Crippen molar-refractivity contribution in [3.8, 4) is 11.8 Å². The summed E-state index contributed by atoms with van der Waals surface area (Å²) in [5, 5.41) is 13.5. The Labute approximate surface area is 186 Å². The molecule has 8 heteroatoms. The molecule has 1 fully saturated rings. The number of hydrogen-bond acceptors (Lipinski definition) is 6. The molecule has 8 nitrogen and oxygen atoms in total. The highest BCUT2D eigenvalue weighted by atomic mass is 16.6. The molecule has 1 N–H and O–H groups in total. The van der Waals surface area contributed by atoms with Gasteiger partial charge >= 0.3 is 6.09 Å². The van der Waals surface area contributed by atoms with E-state index in [2.05, 4.69) is 15.1 Å². The summed E-state index contributed by atoms with van der Waals surface area (Å²) in [5.41, 5.74) is 3.17. The summed E-state index contributed by atoms with van der Waals surface area (Å²) in [6, 6.07) is 19.6. The number of carboxylic acid groups (broad SMARTS) is 1. The molecule has 3 aromatic rings. The largest absolute Gasteiger partial charge is 0.474 e. The maximum Gasteiger partial charge on any atom is 0.407 e. The molecule has 1 aromatic heterocycles. The van der Waals surface area contributed by atoms with Crippen LogP contribution in [0.2, 0.25) is 0 Å². The summed E-state index contributed by atoms with van der Waals surface area (Å²) >= 11 is 0. The van der Waals surface area contributed by atoms with Crippen LogP contribution in [0, 0.1) is 6.92 Å². The molecule has 0 aliphatic carbocycles. The normalized spacial score (nSPS) is 14.0. The minimum absolute atomic E-state index is 0.111. The van der Waals surface area contributed by atoms with E-state index in [4.69, 9.17) is 14.7 Å². The molecule has 1 aliphatic rings. The van der Waals surface area contributed by atoms with Crippen LogP contribution in [0.1, 0.15) is 29.5 Å². The smallest absolute Gasteiger partial charge is 0.407 e. The van der Waals surface area contributed by atoms with E-state index in [1.807, 2.05) is 67.6 Å². The number of ether oxygens (including phenoxy) is 1. The maximum atomic E-state index is 11.1. The van der Waals surface area contributed by atoms with Crippen LogP contribution in [0.15, 0.2) is 72.1 Å². The van der Waals surface area contributed by atoms with Gasteiger partial charge in [0.2, 0.25) is 5.88 Å². The van der Waals surface area contributed by atoms with Crippen LogP contribution in [-0.4, -0.2) is 51.0 Å². The minimum atomic E-state index is -0.900. The lowest BCUT2D eigenvalue weighted by Gasteiger charge is -2.30. The number of aromatic nitrogens is 2. The Kier molecular flexibility index (Phi) is 6.60. The molecule has 164 valence electrons. The second-order valence-corrected chi connectivity index (χ2v) is 7.46. The predicted molar refractivity (Wildman–Crippen MR) is 119 cm³/mol. The number of benzene rings is 2. The number of nitrogens with zero attached hydrogens (tertiary/aromatic N) is 4. The van der Waals surface area contributed by atoms with E-state index in [1.165, 1.54) is 11.2 Å². The van der Waals surface area contributed by atoms with Gasteiger partial charge in [0.05, 0.1) is 5.56 Å². The zero-order chi connectivity index (χ0) is 22.3. The number of hydrogen-bond donors (Lipinski definition) is 1. The molecule has 32 heavy (non-hydrogen) atoms. The van der Waals surface area contributed by atoms with Gasteiger partial charge in [-0.1, -0.05) is 65.8 Å². The van der Waals surface area contributed by atoms with Gasteiger partial charge in [-0.15, -0.1) is 0 Å². The zero-order valence-electron chi connectivity index (χ0n) is 17.7. The standard InChI is InChI=1S/C24H24N4O4/c1-17-22(31-20-12-14-28(15-13-20)24(29)30)25-16-26-23(17)32-27-21(18-8-4-2-5-9-18)19-10-6-3-7-11-19/h2-11,16,20H,12-15H2,1H3,(H,29,30). The van der Waals surface area contributed by atoms with Gasteiger partial charge in [0, 0.05) is 37.1 Å². The molecule has 0 spiro atoms. The fraction of sp³-hybridized carbons (Fsp3) is 0.250. The van der Waals surface area contributed by atoms with E-state index in [1.54, 1.807) is 0 Å². The van der Waals surface area contributed by atoms with Crippen LogP contribution in [0.3, 0.4) is 0 Å². The summed E-state index contributed by atoms with van der Waals surface area (Å²) in [4.78, 5) is 26.7. The first kappa shape index (κ1) is 21.3. The van der Waals surface area contributed by atoms with Crippen molar-refractivity contribution < 1.29 is 19.5 Å². The molecule has 1 aliphatic heterocycles. The highest BCUT2D eigenvalue weighted by molar-refractivity contribution is 6.12. The Balaban J connectivity index is 1.52. The molecule has 1 amide bonds. The van der Waals surface area contributed by atoms with Crippen molar-refractivity contribution in [3.05, 3.63) is 83.7 Å². The van der Waals surface area contributed by atoms with Crippen molar-refractivity contribution in [1.29, 1.82) is 0 Å². The first-order valence-corrected chi connectivity index (χ1v) is 10.4. The second kappa shape index (κ2) is 9.91. The monoisotopic (exact) mass is 432 g/mol. The van der Waals surface area contributed by atoms with Gasteiger partial charge in [0.25, 0.3) is 5.88 Å². The van der Waals surface area contributed by atoms with E-state index < -0.39 is 6.09 Å². The average molecular weight is 432 g/mol. The topological polar surface area (TPSA) is 97.1 Å². The summed E-state index contributed by atoms with van der Waals surface area (Å²) in [6.07, 6.45) is 1.58. The van der Waals surface area contributed by atoms with Gasteiger partial charge in [-0.3, -0.25) is 0 Å². The lowest BCUT2D eigenvalue weighted by atomic mass is 10.0. The third kappa shape index (κ3) is 5.03. The van der Waals surface area contributed by atoms with E-state index in [0.29, 0.717) is 49.0 Å². The van der Waals surface area contributed by atoms with Gasteiger partial charge in [0.15, 0.2) is 0 Å². The van der Waals surface area contributed by atoms with E-state index in [0.717, 1.165) is 11.1 Å². The van der Waals surface area contributed by atoms with Crippen molar-refractivity contribution in [2.45, 2.75) is 25.9 Å². The van der Waals surface area contributed by atoms with E-state index in [-0.39, 0.29) is 6.10 Å². The molecule has 1 saturated heterocycles. The second-order valence-electron chi connectivity index (χ2n) is 7.46. The Morgan fingerprint density at radius 1 is 0.969 bits per heavy atom. The third-order valence-corrected chi connectivity index (χ3v) is 5.30. The predicted octanol–water partition coefficient (Wildman–Crippen LogP) is 4.14. The molecule has 0 unspecified atom stereocenters. The Morgan fingerprint density at radius 2 is 1.53 bits per heavy atom. The quantitative estimate of drug-likeness (QED) is 0.465. The number of oxime groups is 1. The molecule has 4 rings (SSSR count). The first-order valence-electron chi connectivity index (χ1n) is 10.4. The van der Waals surface area contributed by atoms with Crippen LogP contribution in [0.25, 0.3) is 0 Å². The van der Waals surface area contributed by atoms with E-state index in [9.17, 15) is 4.79 Å². The van der Waals surface area contributed by atoms with Gasteiger partial charge < -0.3 is 19.6 Å². The van der Waals surface area contributed by atoms with Gasteiger partial charge in [0.1, 0.15) is 18.1 Å². The first-order chi connectivity index (χ1) is 15.6. The van der Waals surface area contributed by atoms with E-state index >= 15 is 0 Å². The summed E-state index contributed by atoms with van der Waals surface area (Å²) in [6.45, 7) is 2.70. The number of carbonyl (C=O) groups is 1. The minimum Gasteiger partial charge on any atom is -0.474 e. The van der Waals surface area contributed by atoms with Crippen molar-refractivity contribution in [1.82, 2.24) is 14.9 Å². The fourth-order valence-electron chi connectivity index (χ4n) is 3.51. The SMILES string of the molecule is Cc1c(ON=C(c2ccccc2)c2ccccc2)ncnc1OC1CCN(C(=O)O)CC1. The van der Waals surface area contributed by atoms with Crippen LogP contribution in [0.4, 0.5) is 4.79 Å². The lowest BCUT2D eigenvalue weighted by Crippen LogP contribution is -2.41. The fourth-order valence-corrected chi connectivity index (χ4v) is 3.51.